The SMILES string of the molecule is Cn1nccc1CNc1ccccc1SC1CCCC1. The van der Waals surface area contributed by atoms with Crippen molar-refractivity contribution in [1.29, 1.82) is 0 Å². The second-order valence-corrected chi connectivity index (χ2v) is 6.66. The number of thioether (sulfide) groups is 1. The lowest BCUT2D eigenvalue weighted by atomic mass is 10.3. The molecule has 20 heavy (non-hydrogen) atoms. The minimum Gasteiger partial charge on any atom is -0.378 e. The molecule has 1 N–H and O–H groups in total. The number of hydrogen-bond donors (Lipinski definition) is 1. The van der Waals surface area contributed by atoms with E-state index in [1.54, 1.807) is 0 Å². The molecule has 1 aliphatic carbocycles. The van der Waals surface area contributed by atoms with Crippen LogP contribution in [0.4, 0.5) is 5.69 Å². The zero-order chi connectivity index (χ0) is 13.8. The van der Waals surface area contributed by atoms with E-state index in [4.69, 9.17) is 0 Å². The van der Waals surface area contributed by atoms with Crippen LogP contribution >= 0.6 is 11.8 Å². The topological polar surface area (TPSA) is 29.9 Å². The predicted molar refractivity (Wildman–Crippen MR) is 85.1 cm³/mol. The molecule has 3 rings (SSSR count). The van der Waals surface area contributed by atoms with Gasteiger partial charge in [0.05, 0.1) is 12.2 Å². The fraction of sp³-hybridized carbons (Fsp3) is 0.438. The Morgan fingerprint density at radius 1 is 1.25 bits per heavy atom. The number of hydrogen-bond acceptors (Lipinski definition) is 3. The van der Waals surface area contributed by atoms with E-state index in [0.29, 0.717) is 0 Å². The van der Waals surface area contributed by atoms with Crippen molar-refractivity contribution in [1.82, 2.24) is 9.78 Å². The van der Waals surface area contributed by atoms with Crippen molar-refractivity contribution >= 4 is 17.4 Å². The van der Waals surface area contributed by atoms with Crippen LogP contribution in [0.25, 0.3) is 0 Å². The number of aryl methyl sites for hydroxylation is 1. The Balaban J connectivity index is 1.67. The summed E-state index contributed by atoms with van der Waals surface area (Å²) in [6.45, 7) is 0.818. The summed E-state index contributed by atoms with van der Waals surface area (Å²) in [5.74, 6) is 0. The zero-order valence-corrected chi connectivity index (χ0v) is 12.7. The van der Waals surface area contributed by atoms with Crippen LogP contribution in [0.1, 0.15) is 31.4 Å². The molecular formula is C16H21N3S. The van der Waals surface area contributed by atoms with Gasteiger partial charge in [0, 0.05) is 29.1 Å². The minimum atomic E-state index is 0.801. The van der Waals surface area contributed by atoms with Crippen LogP contribution in [0.3, 0.4) is 0 Å². The van der Waals surface area contributed by atoms with Gasteiger partial charge >= 0.3 is 0 Å². The third-order valence-corrected chi connectivity index (χ3v) is 5.28. The first-order chi connectivity index (χ1) is 9.83. The largest absolute Gasteiger partial charge is 0.378 e. The molecule has 4 heteroatoms. The van der Waals surface area contributed by atoms with E-state index in [1.807, 2.05) is 29.7 Å². The molecule has 0 radical (unpaired) electrons. The van der Waals surface area contributed by atoms with Crippen molar-refractivity contribution in [3.63, 3.8) is 0 Å². The molecule has 106 valence electrons. The van der Waals surface area contributed by atoms with Gasteiger partial charge in [0.1, 0.15) is 0 Å². The summed E-state index contributed by atoms with van der Waals surface area (Å²) < 4.78 is 1.92. The Labute approximate surface area is 124 Å². The van der Waals surface area contributed by atoms with Gasteiger partial charge in [-0.3, -0.25) is 4.68 Å². The highest BCUT2D eigenvalue weighted by molar-refractivity contribution is 8.00. The lowest BCUT2D eigenvalue weighted by molar-refractivity contribution is 0.720. The quantitative estimate of drug-likeness (QED) is 0.899. The summed E-state index contributed by atoms with van der Waals surface area (Å²) in [4.78, 5) is 1.38. The van der Waals surface area contributed by atoms with Crippen LogP contribution in [-0.2, 0) is 13.6 Å². The average molecular weight is 287 g/mol. The number of rotatable bonds is 5. The van der Waals surface area contributed by atoms with Crippen LogP contribution in [-0.4, -0.2) is 15.0 Å². The molecule has 1 aliphatic rings. The molecule has 0 saturated heterocycles. The van der Waals surface area contributed by atoms with Gasteiger partial charge in [0.15, 0.2) is 0 Å². The highest BCUT2D eigenvalue weighted by Gasteiger charge is 2.17. The minimum absolute atomic E-state index is 0.801. The lowest BCUT2D eigenvalue weighted by Crippen LogP contribution is -2.06. The van der Waals surface area contributed by atoms with E-state index in [1.165, 1.54) is 42.0 Å². The van der Waals surface area contributed by atoms with Gasteiger partial charge < -0.3 is 5.32 Å². The molecule has 1 saturated carbocycles. The number of para-hydroxylation sites is 1. The molecular weight excluding hydrogens is 266 g/mol. The molecule has 0 unspecified atom stereocenters. The van der Waals surface area contributed by atoms with Crippen LogP contribution in [0.15, 0.2) is 41.4 Å². The van der Waals surface area contributed by atoms with Crippen molar-refractivity contribution < 1.29 is 0 Å². The summed E-state index contributed by atoms with van der Waals surface area (Å²) in [7, 11) is 1.98. The molecule has 0 amide bonds. The first-order valence-corrected chi connectivity index (χ1v) is 8.17. The maximum absolute atomic E-state index is 4.21. The Hall–Kier alpha value is -1.42. The van der Waals surface area contributed by atoms with E-state index >= 15 is 0 Å². The lowest BCUT2D eigenvalue weighted by Gasteiger charge is -2.14. The Kier molecular flexibility index (Phi) is 4.31. The van der Waals surface area contributed by atoms with Gasteiger partial charge in [-0.2, -0.15) is 5.10 Å². The third-order valence-electron chi connectivity index (χ3n) is 3.87. The van der Waals surface area contributed by atoms with Crippen molar-refractivity contribution in [2.45, 2.75) is 42.4 Å². The number of anilines is 1. The van der Waals surface area contributed by atoms with Crippen molar-refractivity contribution in [3.8, 4) is 0 Å². The number of nitrogens with zero attached hydrogens (tertiary/aromatic N) is 2. The van der Waals surface area contributed by atoms with E-state index in [0.717, 1.165) is 11.8 Å². The zero-order valence-electron chi connectivity index (χ0n) is 11.9. The van der Waals surface area contributed by atoms with Crippen LogP contribution in [0.5, 0.6) is 0 Å². The van der Waals surface area contributed by atoms with Gasteiger partial charge in [0.25, 0.3) is 0 Å². The van der Waals surface area contributed by atoms with Gasteiger partial charge in [-0.15, -0.1) is 11.8 Å². The maximum Gasteiger partial charge on any atom is 0.0571 e. The first kappa shape index (κ1) is 13.6. The standard InChI is InChI=1S/C16H21N3S/c1-19-13(10-11-18-19)12-17-15-8-4-5-9-16(15)20-14-6-2-3-7-14/h4-5,8-11,14,17H,2-3,6-7,12H2,1H3. The Bertz CT molecular complexity index is 558. The summed E-state index contributed by atoms with van der Waals surface area (Å²) in [6, 6.07) is 10.7. The number of aromatic nitrogens is 2. The predicted octanol–water partition coefficient (Wildman–Crippen LogP) is 4.07. The van der Waals surface area contributed by atoms with E-state index in [9.17, 15) is 0 Å². The van der Waals surface area contributed by atoms with E-state index in [-0.39, 0.29) is 0 Å². The summed E-state index contributed by atoms with van der Waals surface area (Å²) >= 11 is 2.03. The first-order valence-electron chi connectivity index (χ1n) is 7.29. The second kappa shape index (κ2) is 6.35. The molecule has 1 heterocycles. The Morgan fingerprint density at radius 3 is 2.80 bits per heavy atom. The van der Waals surface area contributed by atoms with Crippen molar-refractivity contribution in [2.24, 2.45) is 7.05 Å². The molecule has 0 spiro atoms. The fourth-order valence-electron chi connectivity index (χ4n) is 2.66. The van der Waals surface area contributed by atoms with Gasteiger partial charge in [-0.25, -0.2) is 0 Å². The molecule has 3 nitrogen and oxygen atoms in total. The van der Waals surface area contributed by atoms with Gasteiger partial charge in [0.2, 0.25) is 0 Å². The molecule has 1 aromatic carbocycles. The van der Waals surface area contributed by atoms with E-state index < -0.39 is 0 Å². The summed E-state index contributed by atoms with van der Waals surface area (Å²) in [5.41, 5.74) is 2.44. The smallest absolute Gasteiger partial charge is 0.0571 e. The highest BCUT2D eigenvalue weighted by atomic mass is 32.2. The number of nitrogens with one attached hydrogen (secondary N) is 1. The van der Waals surface area contributed by atoms with E-state index in [2.05, 4.69) is 40.7 Å². The van der Waals surface area contributed by atoms with Gasteiger partial charge in [-0.1, -0.05) is 25.0 Å². The van der Waals surface area contributed by atoms with Crippen molar-refractivity contribution in [2.75, 3.05) is 5.32 Å². The summed E-state index contributed by atoms with van der Waals surface area (Å²) in [5, 5.41) is 8.56. The molecule has 0 atom stereocenters. The molecule has 2 aromatic rings. The molecule has 1 aromatic heterocycles. The van der Waals surface area contributed by atoms with Crippen molar-refractivity contribution in [3.05, 3.63) is 42.2 Å². The van der Waals surface area contributed by atoms with Crippen LogP contribution in [0.2, 0.25) is 0 Å². The molecule has 1 fully saturated rings. The third kappa shape index (κ3) is 3.18. The highest BCUT2D eigenvalue weighted by Crippen LogP contribution is 2.38. The molecule has 0 bridgehead atoms. The Morgan fingerprint density at radius 2 is 2.05 bits per heavy atom. The average Bonchev–Trinajstić information content (AvgIpc) is 3.10. The van der Waals surface area contributed by atoms with Crippen LogP contribution < -0.4 is 5.32 Å². The van der Waals surface area contributed by atoms with Gasteiger partial charge in [-0.05, 0) is 31.0 Å². The number of benzene rings is 1. The monoisotopic (exact) mass is 287 g/mol. The fourth-order valence-corrected chi connectivity index (χ4v) is 4.01. The summed E-state index contributed by atoms with van der Waals surface area (Å²) in [6.07, 6.45) is 7.35. The second-order valence-electron chi connectivity index (χ2n) is 5.32. The molecule has 0 aliphatic heterocycles. The normalized spacial score (nSPS) is 15.7. The van der Waals surface area contributed by atoms with Crippen LogP contribution in [0, 0.1) is 0 Å². The maximum atomic E-state index is 4.21.